The average Bonchev–Trinajstić information content (AvgIpc) is 2.73. The molecule has 100 valence electrons. The number of halogens is 2. The maximum Gasteiger partial charge on any atom is 0.335 e. The van der Waals surface area contributed by atoms with Crippen molar-refractivity contribution < 1.29 is 14.6 Å². The molecule has 0 aliphatic carbocycles. The molecular formula is C10H8Br2N4O3. The monoisotopic (exact) mass is 390 g/mol. The summed E-state index contributed by atoms with van der Waals surface area (Å²) in [6, 6.07) is 2.93. The van der Waals surface area contributed by atoms with Gasteiger partial charge in [-0.1, -0.05) is 0 Å². The van der Waals surface area contributed by atoms with Crippen molar-refractivity contribution in [1.82, 2.24) is 20.2 Å². The van der Waals surface area contributed by atoms with Gasteiger partial charge >= 0.3 is 5.97 Å². The van der Waals surface area contributed by atoms with E-state index in [0.29, 0.717) is 20.5 Å². The minimum absolute atomic E-state index is 0.136. The van der Waals surface area contributed by atoms with E-state index in [1.165, 1.54) is 16.9 Å². The zero-order valence-corrected chi connectivity index (χ0v) is 12.8. The molecule has 0 saturated heterocycles. The molecule has 7 nitrogen and oxygen atoms in total. The Labute approximate surface area is 124 Å². The minimum Gasteiger partial charge on any atom is -0.483 e. The van der Waals surface area contributed by atoms with Crippen molar-refractivity contribution in [3.8, 4) is 5.75 Å². The highest BCUT2D eigenvalue weighted by Gasteiger charge is 2.13. The van der Waals surface area contributed by atoms with Crippen LogP contribution in [0.25, 0.3) is 0 Å². The second kappa shape index (κ2) is 5.66. The van der Waals surface area contributed by atoms with Crippen LogP contribution in [0.4, 0.5) is 0 Å². The van der Waals surface area contributed by atoms with Crippen LogP contribution in [-0.2, 0) is 13.7 Å². The van der Waals surface area contributed by atoms with E-state index >= 15 is 0 Å². The van der Waals surface area contributed by atoms with Gasteiger partial charge in [-0.05, 0) is 49.2 Å². The predicted molar refractivity (Wildman–Crippen MR) is 71.9 cm³/mol. The number of hydrogen-bond acceptors (Lipinski definition) is 5. The highest BCUT2D eigenvalue weighted by atomic mass is 79.9. The van der Waals surface area contributed by atoms with Gasteiger partial charge < -0.3 is 9.84 Å². The summed E-state index contributed by atoms with van der Waals surface area (Å²) in [4.78, 5) is 12.2. The van der Waals surface area contributed by atoms with Crippen molar-refractivity contribution in [1.29, 1.82) is 0 Å². The molecule has 1 aromatic carbocycles. The molecule has 0 aliphatic rings. The van der Waals surface area contributed by atoms with Gasteiger partial charge in [-0.2, -0.15) is 4.80 Å². The summed E-state index contributed by atoms with van der Waals surface area (Å²) in [6.07, 6.45) is 0. The quantitative estimate of drug-likeness (QED) is 0.857. The van der Waals surface area contributed by atoms with Crippen LogP contribution in [0.15, 0.2) is 21.1 Å². The second-order valence-electron chi connectivity index (χ2n) is 3.56. The number of carbonyl (C=O) groups is 1. The van der Waals surface area contributed by atoms with Gasteiger partial charge in [0.15, 0.2) is 6.61 Å². The summed E-state index contributed by atoms with van der Waals surface area (Å²) < 4.78 is 6.60. The van der Waals surface area contributed by atoms with E-state index < -0.39 is 5.97 Å². The van der Waals surface area contributed by atoms with Gasteiger partial charge in [0.25, 0.3) is 0 Å². The van der Waals surface area contributed by atoms with Crippen LogP contribution in [0.5, 0.6) is 5.75 Å². The molecule has 0 amide bonds. The summed E-state index contributed by atoms with van der Waals surface area (Å²) >= 11 is 6.53. The smallest absolute Gasteiger partial charge is 0.335 e. The number of tetrazole rings is 1. The van der Waals surface area contributed by atoms with Crippen LogP contribution in [0.1, 0.15) is 16.2 Å². The number of nitrogens with zero attached hydrogens (tertiary/aromatic N) is 4. The number of rotatable bonds is 4. The van der Waals surface area contributed by atoms with Crippen molar-refractivity contribution >= 4 is 37.8 Å². The lowest BCUT2D eigenvalue weighted by atomic mass is 10.2. The Morgan fingerprint density at radius 3 is 2.53 bits per heavy atom. The van der Waals surface area contributed by atoms with E-state index in [-0.39, 0.29) is 12.2 Å². The molecule has 0 spiro atoms. The molecule has 0 atom stereocenters. The largest absolute Gasteiger partial charge is 0.483 e. The number of benzene rings is 1. The van der Waals surface area contributed by atoms with Gasteiger partial charge in [0.05, 0.1) is 21.6 Å². The van der Waals surface area contributed by atoms with Crippen molar-refractivity contribution in [3.05, 3.63) is 32.5 Å². The molecule has 0 aliphatic heterocycles. The van der Waals surface area contributed by atoms with Gasteiger partial charge in [-0.25, -0.2) is 4.79 Å². The lowest BCUT2D eigenvalue weighted by Crippen LogP contribution is -2.02. The molecule has 19 heavy (non-hydrogen) atoms. The van der Waals surface area contributed by atoms with E-state index in [1.807, 2.05) is 0 Å². The number of hydrogen-bond donors (Lipinski definition) is 1. The van der Waals surface area contributed by atoms with E-state index in [0.717, 1.165) is 0 Å². The highest BCUT2D eigenvalue weighted by Crippen LogP contribution is 2.35. The third-order valence-electron chi connectivity index (χ3n) is 2.14. The Hall–Kier alpha value is -1.48. The molecule has 9 heteroatoms. The van der Waals surface area contributed by atoms with Crippen molar-refractivity contribution in [2.45, 2.75) is 6.61 Å². The van der Waals surface area contributed by atoms with Crippen LogP contribution < -0.4 is 4.74 Å². The molecule has 1 aromatic heterocycles. The average molecular weight is 392 g/mol. The number of aryl methyl sites for hydroxylation is 1. The second-order valence-corrected chi connectivity index (χ2v) is 5.27. The minimum atomic E-state index is -1.01. The van der Waals surface area contributed by atoms with Crippen LogP contribution >= 0.6 is 31.9 Å². The van der Waals surface area contributed by atoms with Crippen LogP contribution in [0.3, 0.4) is 0 Å². The fourth-order valence-electron chi connectivity index (χ4n) is 1.34. The molecule has 0 saturated carbocycles. The van der Waals surface area contributed by atoms with E-state index in [9.17, 15) is 4.79 Å². The van der Waals surface area contributed by atoms with Gasteiger partial charge in [0, 0.05) is 0 Å². The maximum atomic E-state index is 10.9. The summed E-state index contributed by atoms with van der Waals surface area (Å²) in [5.74, 6) is -0.0930. The number of carboxylic acids is 1. The fourth-order valence-corrected chi connectivity index (χ4v) is 2.75. The highest BCUT2D eigenvalue weighted by molar-refractivity contribution is 9.11. The normalized spacial score (nSPS) is 10.5. The first-order valence-corrected chi connectivity index (χ1v) is 6.64. The molecule has 0 radical (unpaired) electrons. The molecule has 1 N–H and O–H groups in total. The Morgan fingerprint density at radius 1 is 1.42 bits per heavy atom. The lowest BCUT2D eigenvalue weighted by Gasteiger charge is -2.09. The standard InChI is InChI=1S/C10H8Br2N4O3/c1-16-14-8(13-15-16)4-19-9-6(11)2-5(10(17)18)3-7(9)12/h2-3H,4H2,1H3,(H,17,18). The van der Waals surface area contributed by atoms with E-state index in [2.05, 4.69) is 47.3 Å². The van der Waals surface area contributed by atoms with Crippen molar-refractivity contribution in [2.75, 3.05) is 0 Å². The third-order valence-corrected chi connectivity index (χ3v) is 3.32. The van der Waals surface area contributed by atoms with Crippen molar-refractivity contribution in [3.63, 3.8) is 0 Å². The zero-order valence-electron chi connectivity index (χ0n) is 9.67. The Kier molecular flexibility index (Phi) is 4.15. The third kappa shape index (κ3) is 3.29. The number of ether oxygens (including phenoxy) is 1. The van der Waals surface area contributed by atoms with Gasteiger partial charge in [-0.15, -0.1) is 10.2 Å². The van der Waals surface area contributed by atoms with E-state index in [1.54, 1.807) is 7.05 Å². The molecular weight excluding hydrogens is 384 g/mol. The molecule has 0 unspecified atom stereocenters. The van der Waals surface area contributed by atoms with Gasteiger partial charge in [0.1, 0.15) is 5.75 Å². The lowest BCUT2D eigenvalue weighted by molar-refractivity contribution is 0.0696. The summed E-state index contributed by atoms with van der Waals surface area (Å²) in [5, 5.41) is 20.4. The molecule has 2 aromatic rings. The Bertz CT molecular complexity index is 606. The Balaban J connectivity index is 2.18. The Morgan fingerprint density at radius 2 is 2.05 bits per heavy atom. The van der Waals surface area contributed by atoms with Gasteiger partial charge in [0.2, 0.25) is 5.82 Å². The molecule has 2 rings (SSSR count). The van der Waals surface area contributed by atoms with Crippen molar-refractivity contribution in [2.24, 2.45) is 7.05 Å². The number of carboxylic acid groups (broad SMARTS) is 1. The SMILES string of the molecule is Cn1nnc(COc2c(Br)cc(C(=O)O)cc2Br)n1. The number of aromatic nitrogens is 4. The fraction of sp³-hybridized carbons (Fsp3) is 0.200. The first kappa shape index (κ1) is 13.9. The molecule has 1 heterocycles. The van der Waals surface area contributed by atoms with Crippen LogP contribution in [0.2, 0.25) is 0 Å². The first-order valence-electron chi connectivity index (χ1n) is 5.05. The topological polar surface area (TPSA) is 90.1 Å². The number of aromatic carboxylic acids is 1. The zero-order chi connectivity index (χ0) is 14.0. The van der Waals surface area contributed by atoms with Crippen LogP contribution in [-0.4, -0.2) is 31.3 Å². The molecule has 0 fully saturated rings. The van der Waals surface area contributed by atoms with Gasteiger partial charge in [-0.3, -0.25) is 0 Å². The first-order chi connectivity index (χ1) is 8.97. The maximum absolute atomic E-state index is 10.9. The summed E-state index contributed by atoms with van der Waals surface area (Å²) in [5.41, 5.74) is 0.156. The van der Waals surface area contributed by atoms with Crippen LogP contribution in [0, 0.1) is 0 Å². The predicted octanol–water partition coefficient (Wildman–Crippen LogP) is 2.01. The molecule has 0 bridgehead atoms. The van der Waals surface area contributed by atoms with E-state index in [4.69, 9.17) is 9.84 Å². The summed E-state index contributed by atoms with van der Waals surface area (Å²) in [7, 11) is 1.66. The summed E-state index contributed by atoms with van der Waals surface area (Å²) in [6.45, 7) is 0.136.